The van der Waals surface area contributed by atoms with Crippen molar-refractivity contribution >= 4 is 11.6 Å². The van der Waals surface area contributed by atoms with Crippen molar-refractivity contribution in [3.63, 3.8) is 0 Å². The molecular weight excluding hydrogens is 339 g/mol. The van der Waals surface area contributed by atoms with Gasteiger partial charge in [-0.25, -0.2) is 4.68 Å². The zero-order valence-corrected chi connectivity index (χ0v) is 12.4. The van der Waals surface area contributed by atoms with E-state index in [1.54, 1.807) is 24.3 Å². The molecule has 128 valence electrons. The van der Waals surface area contributed by atoms with Gasteiger partial charge < -0.3 is 10.1 Å². The highest BCUT2D eigenvalue weighted by Crippen LogP contribution is 2.23. The minimum Gasteiger partial charge on any atom is -0.406 e. The molecule has 0 bridgehead atoms. The number of aromatic nitrogens is 4. The van der Waals surface area contributed by atoms with Gasteiger partial charge in [-0.05, 0) is 52.9 Å². The number of hydrogen-bond acceptors (Lipinski definition) is 5. The molecule has 1 amide bonds. The summed E-state index contributed by atoms with van der Waals surface area (Å²) in [7, 11) is 0. The molecule has 1 heterocycles. The Bertz CT molecular complexity index is 864. The van der Waals surface area contributed by atoms with Crippen LogP contribution in [0.15, 0.2) is 54.9 Å². The standard InChI is InChI=1S/C15H10F3N5O2/c16-15(17,18)25-13-6-4-10(5-7-13)14(24)20-11-2-1-3-12(8-11)23-9-19-21-22-23/h1-9H,(H,20,24). The van der Waals surface area contributed by atoms with E-state index < -0.39 is 18.0 Å². The topological polar surface area (TPSA) is 81.9 Å². The molecule has 2 aromatic carbocycles. The van der Waals surface area contributed by atoms with Crippen LogP contribution in [0.2, 0.25) is 0 Å². The van der Waals surface area contributed by atoms with Crippen molar-refractivity contribution in [3.05, 3.63) is 60.4 Å². The largest absolute Gasteiger partial charge is 0.573 e. The molecule has 0 spiro atoms. The van der Waals surface area contributed by atoms with Gasteiger partial charge in [0.1, 0.15) is 12.1 Å². The van der Waals surface area contributed by atoms with Crippen molar-refractivity contribution in [2.75, 3.05) is 5.32 Å². The summed E-state index contributed by atoms with van der Waals surface area (Å²) in [6.07, 6.45) is -3.37. The van der Waals surface area contributed by atoms with E-state index in [1.807, 2.05) is 0 Å². The van der Waals surface area contributed by atoms with Gasteiger partial charge >= 0.3 is 6.36 Å². The van der Waals surface area contributed by atoms with Crippen LogP contribution >= 0.6 is 0 Å². The highest BCUT2D eigenvalue weighted by atomic mass is 19.4. The fourth-order valence-electron chi connectivity index (χ4n) is 2.02. The summed E-state index contributed by atoms with van der Waals surface area (Å²) in [4.78, 5) is 12.2. The first-order valence-electron chi connectivity index (χ1n) is 6.91. The van der Waals surface area contributed by atoms with E-state index in [-0.39, 0.29) is 5.56 Å². The first-order chi connectivity index (χ1) is 11.9. The Hall–Kier alpha value is -3.43. The predicted molar refractivity (Wildman–Crippen MR) is 80.2 cm³/mol. The molecule has 0 aliphatic heterocycles. The number of benzene rings is 2. The van der Waals surface area contributed by atoms with E-state index in [9.17, 15) is 18.0 Å². The fourth-order valence-corrected chi connectivity index (χ4v) is 2.02. The van der Waals surface area contributed by atoms with Gasteiger partial charge in [-0.15, -0.1) is 18.3 Å². The number of rotatable bonds is 4. The Labute approximate surface area is 139 Å². The van der Waals surface area contributed by atoms with Gasteiger partial charge in [-0.2, -0.15) is 0 Å². The van der Waals surface area contributed by atoms with Crippen LogP contribution < -0.4 is 10.1 Å². The normalized spacial score (nSPS) is 11.2. The summed E-state index contributed by atoms with van der Waals surface area (Å²) >= 11 is 0. The molecule has 7 nitrogen and oxygen atoms in total. The lowest BCUT2D eigenvalue weighted by molar-refractivity contribution is -0.274. The second-order valence-electron chi connectivity index (χ2n) is 4.83. The molecule has 0 fully saturated rings. The van der Waals surface area contributed by atoms with Gasteiger partial charge in [0.05, 0.1) is 5.69 Å². The molecule has 0 saturated heterocycles. The molecule has 0 saturated carbocycles. The van der Waals surface area contributed by atoms with Crippen LogP contribution in [0.5, 0.6) is 5.75 Å². The summed E-state index contributed by atoms with van der Waals surface area (Å²) in [6.45, 7) is 0. The zero-order chi connectivity index (χ0) is 17.9. The Kier molecular flexibility index (Phi) is 4.33. The van der Waals surface area contributed by atoms with Gasteiger partial charge in [0.2, 0.25) is 0 Å². The third kappa shape index (κ3) is 4.31. The smallest absolute Gasteiger partial charge is 0.406 e. The summed E-state index contributed by atoms with van der Waals surface area (Å²) in [5.41, 5.74) is 1.30. The van der Waals surface area contributed by atoms with Crippen molar-refractivity contribution in [1.29, 1.82) is 0 Å². The van der Waals surface area contributed by atoms with Gasteiger partial charge in [0.15, 0.2) is 0 Å². The number of nitrogens with one attached hydrogen (secondary N) is 1. The van der Waals surface area contributed by atoms with Crippen LogP contribution in [0.4, 0.5) is 18.9 Å². The number of amides is 1. The van der Waals surface area contributed by atoms with Gasteiger partial charge in [0, 0.05) is 11.3 Å². The highest BCUT2D eigenvalue weighted by Gasteiger charge is 2.31. The maximum Gasteiger partial charge on any atom is 0.573 e. The number of carbonyl (C=O) groups excluding carboxylic acids is 1. The fraction of sp³-hybridized carbons (Fsp3) is 0.0667. The second kappa shape index (κ2) is 6.59. The van der Waals surface area contributed by atoms with E-state index in [4.69, 9.17) is 0 Å². The summed E-state index contributed by atoms with van der Waals surface area (Å²) in [5.74, 6) is -0.878. The molecule has 0 atom stereocenters. The first-order valence-corrected chi connectivity index (χ1v) is 6.91. The molecule has 25 heavy (non-hydrogen) atoms. The number of tetrazole rings is 1. The van der Waals surface area contributed by atoms with Crippen molar-refractivity contribution in [2.24, 2.45) is 0 Å². The Morgan fingerprint density at radius 2 is 1.88 bits per heavy atom. The van der Waals surface area contributed by atoms with Crippen molar-refractivity contribution in [1.82, 2.24) is 20.2 Å². The third-order valence-corrected chi connectivity index (χ3v) is 3.07. The SMILES string of the molecule is O=C(Nc1cccc(-n2cnnn2)c1)c1ccc(OC(F)(F)F)cc1. The molecule has 0 radical (unpaired) electrons. The van der Waals surface area contributed by atoms with E-state index in [2.05, 4.69) is 25.6 Å². The summed E-state index contributed by atoms with van der Waals surface area (Å²) < 4.78 is 41.5. The van der Waals surface area contributed by atoms with Crippen LogP contribution in [-0.2, 0) is 0 Å². The van der Waals surface area contributed by atoms with Crippen LogP contribution in [0.1, 0.15) is 10.4 Å². The van der Waals surface area contributed by atoms with Crippen molar-refractivity contribution in [2.45, 2.75) is 6.36 Å². The monoisotopic (exact) mass is 349 g/mol. The van der Waals surface area contributed by atoms with Crippen molar-refractivity contribution < 1.29 is 22.7 Å². The number of anilines is 1. The number of ether oxygens (including phenoxy) is 1. The number of halogens is 3. The number of nitrogens with zero attached hydrogens (tertiary/aromatic N) is 4. The first kappa shape index (κ1) is 16.4. The zero-order valence-electron chi connectivity index (χ0n) is 12.4. The van der Waals surface area contributed by atoms with Gasteiger partial charge in [-0.1, -0.05) is 6.07 Å². The van der Waals surface area contributed by atoms with Crippen LogP contribution in [-0.4, -0.2) is 32.5 Å². The van der Waals surface area contributed by atoms with Gasteiger partial charge in [-0.3, -0.25) is 4.79 Å². The van der Waals surface area contributed by atoms with E-state index in [0.717, 1.165) is 12.1 Å². The molecule has 0 unspecified atom stereocenters. The van der Waals surface area contributed by atoms with E-state index in [1.165, 1.54) is 23.1 Å². The maximum atomic E-state index is 12.2. The minimum absolute atomic E-state index is 0.183. The van der Waals surface area contributed by atoms with E-state index in [0.29, 0.717) is 11.4 Å². The minimum atomic E-state index is -4.78. The quantitative estimate of drug-likeness (QED) is 0.783. The number of carbonyl (C=O) groups is 1. The molecule has 3 rings (SSSR count). The van der Waals surface area contributed by atoms with Crippen LogP contribution in [0.25, 0.3) is 5.69 Å². The Balaban J connectivity index is 1.71. The average molecular weight is 349 g/mol. The highest BCUT2D eigenvalue weighted by molar-refractivity contribution is 6.04. The van der Waals surface area contributed by atoms with Crippen molar-refractivity contribution in [3.8, 4) is 11.4 Å². The summed E-state index contributed by atoms with van der Waals surface area (Å²) in [5, 5.41) is 13.4. The Morgan fingerprint density at radius 3 is 2.52 bits per heavy atom. The lowest BCUT2D eigenvalue weighted by atomic mass is 10.2. The molecular formula is C15H10F3N5O2. The molecule has 0 aliphatic rings. The Morgan fingerprint density at radius 1 is 1.12 bits per heavy atom. The van der Waals surface area contributed by atoms with Gasteiger partial charge in [0.25, 0.3) is 5.91 Å². The number of alkyl halides is 3. The van der Waals surface area contributed by atoms with Crippen LogP contribution in [0, 0.1) is 0 Å². The maximum absolute atomic E-state index is 12.2. The van der Waals surface area contributed by atoms with E-state index >= 15 is 0 Å². The lowest BCUT2D eigenvalue weighted by Crippen LogP contribution is -2.17. The molecule has 1 aromatic heterocycles. The third-order valence-electron chi connectivity index (χ3n) is 3.07. The predicted octanol–water partition coefficient (Wildman–Crippen LogP) is 2.81. The second-order valence-corrected chi connectivity index (χ2v) is 4.83. The summed E-state index contributed by atoms with van der Waals surface area (Å²) in [6, 6.07) is 11.4. The van der Waals surface area contributed by atoms with Crippen LogP contribution in [0.3, 0.4) is 0 Å². The average Bonchev–Trinajstić information content (AvgIpc) is 3.09. The molecule has 1 N–H and O–H groups in total. The molecule has 10 heteroatoms. The molecule has 3 aromatic rings. The number of hydrogen-bond donors (Lipinski definition) is 1. The molecule has 0 aliphatic carbocycles. The lowest BCUT2D eigenvalue weighted by Gasteiger charge is -2.10.